The van der Waals surface area contributed by atoms with Crippen LogP contribution in [0.25, 0.3) is 16.7 Å². The number of nitrogens with zero attached hydrogens (tertiary/aromatic N) is 3. The van der Waals surface area contributed by atoms with Gasteiger partial charge >= 0.3 is 5.97 Å². The van der Waals surface area contributed by atoms with Gasteiger partial charge in [-0.3, -0.25) is 4.40 Å². The monoisotopic (exact) mass is 227 g/mol. The molecule has 0 N–H and O–H groups in total. The summed E-state index contributed by atoms with van der Waals surface area (Å²) in [6.45, 7) is 0. The third-order valence-electron chi connectivity index (χ3n) is 2.60. The van der Waals surface area contributed by atoms with Crippen molar-refractivity contribution in [2.24, 2.45) is 0 Å². The van der Waals surface area contributed by atoms with Gasteiger partial charge in [-0.25, -0.2) is 14.8 Å². The highest BCUT2D eigenvalue weighted by Crippen LogP contribution is 2.15. The van der Waals surface area contributed by atoms with Crippen molar-refractivity contribution in [3.05, 3.63) is 42.4 Å². The maximum Gasteiger partial charge on any atom is 0.356 e. The molecular weight excluding hydrogens is 218 g/mol. The number of esters is 1. The molecule has 0 fully saturated rings. The highest BCUT2D eigenvalue weighted by molar-refractivity contribution is 5.89. The summed E-state index contributed by atoms with van der Waals surface area (Å²) in [5.74, 6) is -0.459. The topological polar surface area (TPSA) is 56.5 Å². The Balaban J connectivity index is 2.30. The molecule has 0 saturated heterocycles. The molecule has 0 amide bonds. The standard InChI is InChI=1S/C12H9N3O2/c1-17-12(16)9-6-11-14-8-4-2-3-5-10(8)15(11)7-13-9/h2-7H,1H3. The zero-order valence-electron chi connectivity index (χ0n) is 9.12. The first-order chi connectivity index (χ1) is 8.29. The van der Waals surface area contributed by atoms with E-state index in [1.165, 1.54) is 7.11 Å². The van der Waals surface area contributed by atoms with Crippen molar-refractivity contribution >= 4 is 22.6 Å². The van der Waals surface area contributed by atoms with Crippen LogP contribution in [0.2, 0.25) is 0 Å². The third kappa shape index (κ3) is 1.44. The van der Waals surface area contributed by atoms with E-state index in [1.807, 2.05) is 28.7 Å². The van der Waals surface area contributed by atoms with Gasteiger partial charge in [0.15, 0.2) is 5.69 Å². The third-order valence-corrected chi connectivity index (χ3v) is 2.60. The van der Waals surface area contributed by atoms with Crippen molar-refractivity contribution in [3.8, 4) is 0 Å². The number of benzene rings is 1. The molecule has 3 rings (SSSR count). The predicted molar refractivity (Wildman–Crippen MR) is 61.8 cm³/mol. The Kier molecular flexibility index (Phi) is 2.04. The van der Waals surface area contributed by atoms with Gasteiger partial charge in [-0.05, 0) is 12.1 Å². The Morgan fingerprint density at radius 1 is 1.35 bits per heavy atom. The Morgan fingerprint density at radius 3 is 3.00 bits per heavy atom. The average molecular weight is 227 g/mol. The van der Waals surface area contributed by atoms with Crippen molar-refractivity contribution in [2.75, 3.05) is 7.11 Å². The number of fused-ring (bicyclic) bond motifs is 3. The maximum atomic E-state index is 11.4. The molecule has 5 nitrogen and oxygen atoms in total. The fourth-order valence-corrected chi connectivity index (χ4v) is 1.78. The molecule has 0 bridgehead atoms. The van der Waals surface area contributed by atoms with Crippen molar-refractivity contribution in [3.63, 3.8) is 0 Å². The van der Waals surface area contributed by atoms with Gasteiger partial charge in [-0.15, -0.1) is 0 Å². The van der Waals surface area contributed by atoms with E-state index in [9.17, 15) is 4.79 Å². The number of aromatic nitrogens is 3. The SMILES string of the molecule is COC(=O)c1cc2nc3ccccc3n2cn1. The first-order valence-electron chi connectivity index (χ1n) is 5.11. The van der Waals surface area contributed by atoms with Gasteiger partial charge < -0.3 is 4.74 Å². The maximum absolute atomic E-state index is 11.4. The number of para-hydroxylation sites is 2. The van der Waals surface area contributed by atoms with Crippen molar-refractivity contribution < 1.29 is 9.53 Å². The second-order valence-corrected chi connectivity index (χ2v) is 3.59. The lowest BCUT2D eigenvalue weighted by Crippen LogP contribution is -2.05. The van der Waals surface area contributed by atoms with Gasteiger partial charge in [0.2, 0.25) is 0 Å². The van der Waals surface area contributed by atoms with Gasteiger partial charge in [0.1, 0.15) is 12.0 Å². The van der Waals surface area contributed by atoms with Gasteiger partial charge in [0.25, 0.3) is 0 Å². The van der Waals surface area contributed by atoms with E-state index in [-0.39, 0.29) is 5.69 Å². The zero-order chi connectivity index (χ0) is 11.8. The minimum absolute atomic E-state index is 0.260. The summed E-state index contributed by atoms with van der Waals surface area (Å²) in [4.78, 5) is 19.8. The lowest BCUT2D eigenvalue weighted by molar-refractivity contribution is 0.0594. The van der Waals surface area contributed by atoms with Crippen LogP contribution in [0.1, 0.15) is 10.5 Å². The van der Waals surface area contributed by atoms with Crippen LogP contribution in [-0.4, -0.2) is 27.4 Å². The van der Waals surface area contributed by atoms with Crippen LogP contribution in [0.15, 0.2) is 36.7 Å². The first-order valence-corrected chi connectivity index (χ1v) is 5.11. The molecule has 2 heterocycles. The van der Waals surface area contributed by atoms with E-state index in [0.717, 1.165) is 11.0 Å². The van der Waals surface area contributed by atoms with Crippen LogP contribution < -0.4 is 0 Å². The number of methoxy groups -OCH3 is 1. The van der Waals surface area contributed by atoms with Gasteiger partial charge in [-0.1, -0.05) is 12.1 Å². The molecule has 0 aliphatic carbocycles. The molecule has 0 aliphatic heterocycles. The van der Waals surface area contributed by atoms with Crippen LogP contribution in [-0.2, 0) is 4.74 Å². The highest BCUT2D eigenvalue weighted by atomic mass is 16.5. The summed E-state index contributed by atoms with van der Waals surface area (Å²) < 4.78 is 6.46. The lowest BCUT2D eigenvalue weighted by atomic mass is 10.3. The average Bonchev–Trinajstić information content (AvgIpc) is 2.75. The quantitative estimate of drug-likeness (QED) is 0.593. The van der Waals surface area contributed by atoms with Gasteiger partial charge in [0, 0.05) is 6.07 Å². The molecule has 0 radical (unpaired) electrons. The number of carbonyl (C=O) groups is 1. The smallest absolute Gasteiger partial charge is 0.356 e. The Morgan fingerprint density at radius 2 is 2.18 bits per heavy atom. The summed E-state index contributed by atoms with van der Waals surface area (Å²) >= 11 is 0. The van der Waals surface area contributed by atoms with Crippen LogP contribution in [0.3, 0.4) is 0 Å². The van der Waals surface area contributed by atoms with Crippen LogP contribution >= 0.6 is 0 Å². The first kappa shape index (κ1) is 9.77. The Labute approximate surface area is 96.7 Å². The molecule has 17 heavy (non-hydrogen) atoms. The van der Waals surface area contributed by atoms with Gasteiger partial charge in [-0.2, -0.15) is 0 Å². The Bertz CT molecular complexity index is 718. The van der Waals surface area contributed by atoms with Crippen molar-refractivity contribution in [1.82, 2.24) is 14.4 Å². The van der Waals surface area contributed by atoms with E-state index in [2.05, 4.69) is 14.7 Å². The van der Waals surface area contributed by atoms with Gasteiger partial charge in [0.05, 0.1) is 18.1 Å². The summed E-state index contributed by atoms with van der Waals surface area (Å²) in [7, 11) is 1.33. The lowest BCUT2D eigenvalue weighted by Gasteiger charge is -1.98. The fraction of sp³-hybridized carbons (Fsp3) is 0.0833. The molecule has 0 atom stereocenters. The molecular formula is C12H9N3O2. The minimum atomic E-state index is -0.459. The summed E-state index contributed by atoms with van der Waals surface area (Å²) in [5, 5.41) is 0. The van der Waals surface area contributed by atoms with E-state index in [4.69, 9.17) is 0 Å². The normalized spacial score (nSPS) is 10.9. The second-order valence-electron chi connectivity index (χ2n) is 3.59. The molecule has 0 spiro atoms. The summed E-state index contributed by atoms with van der Waals surface area (Å²) in [6.07, 6.45) is 1.58. The molecule has 3 aromatic rings. The molecule has 1 aromatic carbocycles. The molecule has 0 unspecified atom stereocenters. The number of hydrogen-bond donors (Lipinski definition) is 0. The fourth-order valence-electron chi connectivity index (χ4n) is 1.78. The van der Waals surface area contributed by atoms with Crippen LogP contribution in [0.5, 0.6) is 0 Å². The molecule has 84 valence electrons. The molecule has 2 aromatic heterocycles. The molecule has 5 heteroatoms. The van der Waals surface area contributed by atoms with Crippen LogP contribution in [0, 0.1) is 0 Å². The number of carbonyl (C=O) groups excluding carboxylic acids is 1. The molecule has 0 saturated carbocycles. The van der Waals surface area contributed by atoms with Crippen LogP contribution in [0.4, 0.5) is 0 Å². The highest BCUT2D eigenvalue weighted by Gasteiger charge is 2.10. The van der Waals surface area contributed by atoms with Crippen molar-refractivity contribution in [1.29, 1.82) is 0 Å². The summed E-state index contributed by atoms with van der Waals surface area (Å²) in [5.41, 5.74) is 2.78. The van der Waals surface area contributed by atoms with Crippen molar-refractivity contribution in [2.45, 2.75) is 0 Å². The number of hydrogen-bond acceptors (Lipinski definition) is 4. The summed E-state index contributed by atoms with van der Waals surface area (Å²) in [6, 6.07) is 9.34. The predicted octanol–water partition coefficient (Wildman–Crippen LogP) is 1.67. The Hall–Kier alpha value is -2.43. The second kappa shape index (κ2) is 3.55. The molecule has 0 aliphatic rings. The largest absolute Gasteiger partial charge is 0.464 e. The number of imidazole rings is 1. The zero-order valence-corrected chi connectivity index (χ0v) is 9.12. The van der Waals surface area contributed by atoms with E-state index in [1.54, 1.807) is 12.4 Å². The van der Waals surface area contributed by atoms with E-state index < -0.39 is 5.97 Å². The number of ether oxygens (including phenoxy) is 1. The van der Waals surface area contributed by atoms with E-state index in [0.29, 0.717) is 5.65 Å². The minimum Gasteiger partial charge on any atom is -0.464 e. The number of rotatable bonds is 1. The van der Waals surface area contributed by atoms with E-state index >= 15 is 0 Å².